The van der Waals surface area contributed by atoms with E-state index in [2.05, 4.69) is 22.4 Å². The summed E-state index contributed by atoms with van der Waals surface area (Å²) in [5, 5.41) is 12.8. The molecule has 7 heteroatoms. The van der Waals surface area contributed by atoms with Crippen molar-refractivity contribution >= 4 is 34.7 Å². The largest absolute Gasteiger partial charge is 0.423 e. The fraction of sp³-hybridized carbons (Fsp3) is 0. The number of nitrogens with zero attached hydrogens (tertiary/aromatic N) is 2. The highest BCUT2D eigenvalue weighted by atomic mass is 32.1. The van der Waals surface area contributed by atoms with Crippen molar-refractivity contribution in [3.63, 3.8) is 0 Å². The van der Waals surface area contributed by atoms with E-state index in [9.17, 15) is 14.9 Å². The molecule has 0 aromatic heterocycles. The molecule has 2 rings (SSSR count). The van der Waals surface area contributed by atoms with Gasteiger partial charge >= 0.3 is 5.97 Å². The van der Waals surface area contributed by atoms with Gasteiger partial charge in [0.05, 0.1) is 21.3 Å². The van der Waals surface area contributed by atoms with E-state index in [4.69, 9.17) is 4.74 Å². The highest BCUT2D eigenvalue weighted by molar-refractivity contribution is 7.78. The molecule has 0 fully saturated rings. The molecule has 0 unspecified atom stereocenters. The molecular formula is C14H8N2O4S. The first-order valence-electron chi connectivity index (χ1n) is 5.75. The van der Waals surface area contributed by atoms with E-state index >= 15 is 0 Å². The molecular weight excluding hydrogens is 292 g/mol. The first-order valence-corrected chi connectivity index (χ1v) is 6.15. The van der Waals surface area contributed by atoms with Gasteiger partial charge in [-0.1, -0.05) is 6.07 Å². The Morgan fingerprint density at radius 1 is 1.24 bits per heavy atom. The summed E-state index contributed by atoms with van der Waals surface area (Å²) in [7, 11) is 0. The Labute approximate surface area is 124 Å². The lowest BCUT2D eigenvalue weighted by molar-refractivity contribution is -0.384. The molecule has 0 bridgehead atoms. The van der Waals surface area contributed by atoms with Crippen molar-refractivity contribution in [3.05, 3.63) is 64.2 Å². The number of benzene rings is 2. The molecule has 0 heterocycles. The van der Waals surface area contributed by atoms with Crippen LogP contribution in [0, 0.1) is 10.1 Å². The number of thiocarbonyl (C=S) groups is 1. The summed E-state index contributed by atoms with van der Waals surface area (Å²) >= 11 is 4.50. The van der Waals surface area contributed by atoms with Crippen molar-refractivity contribution in [1.29, 1.82) is 0 Å². The van der Waals surface area contributed by atoms with Crippen LogP contribution in [0.25, 0.3) is 0 Å². The van der Waals surface area contributed by atoms with Gasteiger partial charge in [-0.2, -0.15) is 4.99 Å². The van der Waals surface area contributed by atoms with Crippen molar-refractivity contribution in [2.24, 2.45) is 4.99 Å². The highest BCUT2D eigenvalue weighted by Crippen LogP contribution is 2.21. The molecule has 0 saturated heterocycles. The number of nitro groups is 1. The molecule has 0 N–H and O–H groups in total. The predicted octanol–water partition coefficient (Wildman–Crippen LogP) is 3.55. The van der Waals surface area contributed by atoms with Gasteiger partial charge in [-0.05, 0) is 36.5 Å². The third-order valence-electron chi connectivity index (χ3n) is 2.52. The van der Waals surface area contributed by atoms with Crippen LogP contribution in [-0.2, 0) is 0 Å². The molecule has 0 aliphatic rings. The number of isothiocyanates is 1. The van der Waals surface area contributed by atoms with Crippen molar-refractivity contribution in [1.82, 2.24) is 0 Å². The van der Waals surface area contributed by atoms with E-state index < -0.39 is 10.9 Å². The lowest BCUT2D eigenvalue weighted by Crippen LogP contribution is -2.08. The van der Waals surface area contributed by atoms with Crippen molar-refractivity contribution < 1.29 is 14.5 Å². The zero-order valence-corrected chi connectivity index (χ0v) is 11.4. The minimum Gasteiger partial charge on any atom is -0.423 e. The number of non-ortho nitro benzene ring substituents is 1. The number of ether oxygens (including phenoxy) is 1. The number of carbonyl (C=O) groups is 1. The highest BCUT2D eigenvalue weighted by Gasteiger charge is 2.11. The Balaban J connectivity index is 2.15. The number of nitro benzene ring substituents is 1. The Morgan fingerprint density at radius 2 is 1.95 bits per heavy atom. The molecule has 6 nitrogen and oxygen atoms in total. The summed E-state index contributed by atoms with van der Waals surface area (Å²) in [6.07, 6.45) is 0. The Morgan fingerprint density at radius 3 is 2.57 bits per heavy atom. The maximum atomic E-state index is 11.9. The van der Waals surface area contributed by atoms with Gasteiger partial charge in [-0.25, -0.2) is 4.79 Å². The van der Waals surface area contributed by atoms with Crippen molar-refractivity contribution in [2.75, 3.05) is 0 Å². The molecule has 2 aromatic rings. The maximum absolute atomic E-state index is 11.9. The molecule has 104 valence electrons. The fourth-order valence-corrected chi connectivity index (χ4v) is 1.66. The summed E-state index contributed by atoms with van der Waals surface area (Å²) in [6.45, 7) is 0. The van der Waals surface area contributed by atoms with Gasteiger partial charge in [0.25, 0.3) is 5.69 Å². The molecule has 21 heavy (non-hydrogen) atoms. The van der Waals surface area contributed by atoms with Gasteiger partial charge < -0.3 is 4.74 Å². The Hall–Kier alpha value is -2.89. The molecule has 0 saturated carbocycles. The van der Waals surface area contributed by atoms with E-state index in [-0.39, 0.29) is 11.3 Å². The van der Waals surface area contributed by atoms with Gasteiger partial charge in [-0.15, -0.1) is 0 Å². The SMILES string of the molecule is O=C(Oc1cccc(N=C=S)c1)c1ccc([N+](=O)[O-])cc1. The van der Waals surface area contributed by atoms with Gasteiger partial charge in [0.15, 0.2) is 0 Å². The van der Waals surface area contributed by atoms with Crippen molar-refractivity contribution in [3.8, 4) is 5.75 Å². The van der Waals surface area contributed by atoms with Crippen LogP contribution < -0.4 is 4.74 Å². The smallest absolute Gasteiger partial charge is 0.343 e. The molecule has 2 aromatic carbocycles. The van der Waals surface area contributed by atoms with Crippen LogP contribution in [0.4, 0.5) is 11.4 Å². The predicted molar refractivity (Wildman–Crippen MR) is 79.2 cm³/mol. The van der Waals surface area contributed by atoms with E-state index in [1.54, 1.807) is 18.2 Å². The van der Waals surface area contributed by atoms with E-state index in [1.807, 2.05) is 0 Å². The zero-order valence-electron chi connectivity index (χ0n) is 10.6. The monoisotopic (exact) mass is 300 g/mol. The lowest BCUT2D eigenvalue weighted by atomic mass is 10.2. The van der Waals surface area contributed by atoms with E-state index in [1.165, 1.54) is 30.3 Å². The summed E-state index contributed by atoms with van der Waals surface area (Å²) in [4.78, 5) is 25.7. The molecule has 0 radical (unpaired) electrons. The van der Waals surface area contributed by atoms with Crippen LogP contribution in [0.3, 0.4) is 0 Å². The number of hydrogen-bond acceptors (Lipinski definition) is 6. The van der Waals surface area contributed by atoms with Gasteiger partial charge in [0.2, 0.25) is 0 Å². The number of hydrogen-bond donors (Lipinski definition) is 0. The van der Waals surface area contributed by atoms with Crippen LogP contribution in [-0.4, -0.2) is 16.1 Å². The Kier molecular flexibility index (Phi) is 4.50. The molecule has 0 aliphatic carbocycles. The minimum atomic E-state index is -0.617. The topological polar surface area (TPSA) is 81.8 Å². The van der Waals surface area contributed by atoms with Crippen LogP contribution in [0.1, 0.15) is 10.4 Å². The number of esters is 1. The second kappa shape index (κ2) is 6.51. The first kappa shape index (κ1) is 14.5. The van der Waals surface area contributed by atoms with Crippen molar-refractivity contribution in [2.45, 2.75) is 0 Å². The van der Waals surface area contributed by atoms with Crippen LogP contribution in [0.2, 0.25) is 0 Å². The van der Waals surface area contributed by atoms with E-state index in [0.717, 1.165) is 0 Å². The summed E-state index contributed by atoms with van der Waals surface area (Å²) in [5.41, 5.74) is 0.632. The fourth-order valence-electron chi connectivity index (χ4n) is 1.55. The Bertz CT molecular complexity index is 737. The summed E-state index contributed by atoms with van der Waals surface area (Å²) in [6, 6.07) is 11.6. The third-order valence-corrected chi connectivity index (χ3v) is 2.61. The minimum absolute atomic E-state index is 0.0936. The van der Waals surface area contributed by atoms with Crippen LogP contribution >= 0.6 is 12.2 Å². The lowest BCUT2D eigenvalue weighted by Gasteiger charge is -2.04. The molecule has 0 aliphatic heterocycles. The van der Waals surface area contributed by atoms with Gasteiger partial charge in [0, 0.05) is 18.2 Å². The second-order valence-corrected chi connectivity index (χ2v) is 4.08. The third kappa shape index (κ3) is 3.79. The molecule has 0 amide bonds. The first-order chi connectivity index (χ1) is 10.1. The molecule has 0 spiro atoms. The van der Waals surface area contributed by atoms with Gasteiger partial charge in [-0.3, -0.25) is 10.1 Å². The number of carbonyl (C=O) groups excluding carboxylic acids is 1. The average Bonchev–Trinajstić information content (AvgIpc) is 2.48. The van der Waals surface area contributed by atoms with E-state index in [0.29, 0.717) is 11.4 Å². The van der Waals surface area contributed by atoms with Crippen LogP contribution in [0.15, 0.2) is 53.5 Å². The zero-order chi connectivity index (χ0) is 15.2. The second-order valence-electron chi connectivity index (χ2n) is 3.89. The van der Waals surface area contributed by atoms with Crippen LogP contribution in [0.5, 0.6) is 5.75 Å². The number of rotatable bonds is 4. The summed E-state index contributed by atoms with van der Waals surface area (Å²) in [5.74, 6) is -0.321. The standard InChI is InChI=1S/C14H8N2O4S/c17-14(10-4-6-12(7-5-10)16(18)19)20-13-3-1-2-11(8-13)15-9-21/h1-8H. The average molecular weight is 300 g/mol. The van der Waals surface area contributed by atoms with Gasteiger partial charge in [0.1, 0.15) is 5.75 Å². The maximum Gasteiger partial charge on any atom is 0.343 e. The number of aliphatic imine (C=N–C) groups is 1. The summed E-state index contributed by atoms with van der Waals surface area (Å²) < 4.78 is 5.16. The normalized spacial score (nSPS) is 9.52. The molecule has 0 atom stereocenters. The quantitative estimate of drug-likeness (QED) is 0.215.